The highest BCUT2D eigenvalue weighted by atomic mass is 14.9. The van der Waals surface area contributed by atoms with Crippen LogP contribution in [0.4, 0.5) is 0 Å². The maximum atomic E-state index is 4.36. The summed E-state index contributed by atoms with van der Waals surface area (Å²) < 4.78 is 0. The minimum atomic E-state index is 0.574. The first-order chi connectivity index (χ1) is 5.75. The van der Waals surface area contributed by atoms with Crippen LogP contribution in [0, 0.1) is 5.92 Å². The molecule has 0 aromatic carbocycles. The lowest BCUT2D eigenvalue weighted by Gasteiger charge is -1.98. The second-order valence-electron chi connectivity index (χ2n) is 4.09. The molecule has 1 heterocycles. The van der Waals surface area contributed by atoms with E-state index in [4.69, 9.17) is 0 Å². The lowest BCUT2D eigenvalue weighted by atomic mass is 10.2. The third-order valence-electron chi connectivity index (χ3n) is 2.45. The summed E-state index contributed by atoms with van der Waals surface area (Å²) in [5, 5.41) is 0. The Hall–Kier alpha value is -0.790. The Morgan fingerprint density at radius 3 is 2.83 bits per heavy atom. The van der Waals surface area contributed by atoms with E-state index < -0.39 is 0 Å². The van der Waals surface area contributed by atoms with Gasteiger partial charge in [0.1, 0.15) is 5.82 Å². The molecular weight excluding hydrogens is 148 g/mol. The Bertz CT molecular complexity index is 259. The number of hydrogen-bond acceptors (Lipinski definition) is 1. The first-order valence-corrected chi connectivity index (χ1v) is 4.79. The lowest BCUT2D eigenvalue weighted by molar-refractivity contribution is 0.768. The molecule has 2 heteroatoms. The van der Waals surface area contributed by atoms with E-state index in [0.29, 0.717) is 5.92 Å². The zero-order chi connectivity index (χ0) is 8.55. The van der Waals surface area contributed by atoms with Crippen LogP contribution in [0.2, 0.25) is 0 Å². The molecule has 1 aromatic rings. The second-order valence-corrected chi connectivity index (χ2v) is 4.09. The van der Waals surface area contributed by atoms with Gasteiger partial charge in [-0.3, -0.25) is 0 Å². The summed E-state index contributed by atoms with van der Waals surface area (Å²) in [4.78, 5) is 7.73. The lowest BCUT2D eigenvalue weighted by Crippen LogP contribution is -1.91. The molecule has 0 saturated heterocycles. The molecular formula is C10H16N2. The van der Waals surface area contributed by atoms with Gasteiger partial charge in [0.25, 0.3) is 0 Å². The molecule has 2 nitrogen and oxygen atoms in total. The number of aromatic nitrogens is 2. The van der Waals surface area contributed by atoms with Crippen LogP contribution in [-0.2, 0) is 6.42 Å². The van der Waals surface area contributed by atoms with Gasteiger partial charge in [0, 0.05) is 18.3 Å². The molecule has 0 bridgehead atoms. The van der Waals surface area contributed by atoms with Crippen molar-refractivity contribution in [3.8, 4) is 0 Å². The Balaban J connectivity index is 2.02. The van der Waals surface area contributed by atoms with Crippen molar-refractivity contribution in [3.05, 3.63) is 17.7 Å². The first kappa shape index (κ1) is 7.84. The fraction of sp³-hybridized carbons (Fsp3) is 0.700. The topological polar surface area (TPSA) is 28.7 Å². The minimum Gasteiger partial charge on any atom is -0.346 e. The average Bonchev–Trinajstić information content (AvgIpc) is 2.66. The Morgan fingerprint density at radius 2 is 2.33 bits per heavy atom. The van der Waals surface area contributed by atoms with Crippen LogP contribution in [0.5, 0.6) is 0 Å². The van der Waals surface area contributed by atoms with Crippen molar-refractivity contribution < 1.29 is 0 Å². The highest BCUT2D eigenvalue weighted by Gasteiger charge is 2.22. The molecule has 66 valence electrons. The smallest absolute Gasteiger partial charge is 0.106 e. The van der Waals surface area contributed by atoms with Gasteiger partial charge >= 0.3 is 0 Å². The van der Waals surface area contributed by atoms with Gasteiger partial charge < -0.3 is 4.98 Å². The molecule has 0 amide bonds. The normalized spacial score (nSPS) is 17.2. The van der Waals surface area contributed by atoms with E-state index in [1.54, 1.807) is 0 Å². The summed E-state index contributed by atoms with van der Waals surface area (Å²) in [7, 11) is 0. The molecule has 1 fully saturated rings. The number of imidazole rings is 1. The first-order valence-electron chi connectivity index (χ1n) is 4.79. The van der Waals surface area contributed by atoms with Crippen molar-refractivity contribution in [3.63, 3.8) is 0 Å². The number of H-pyrrole nitrogens is 1. The average molecular weight is 164 g/mol. The number of hydrogen-bond donors (Lipinski definition) is 1. The second kappa shape index (κ2) is 2.92. The molecule has 2 rings (SSSR count). The maximum Gasteiger partial charge on any atom is 0.106 e. The quantitative estimate of drug-likeness (QED) is 0.730. The van der Waals surface area contributed by atoms with Crippen molar-refractivity contribution in [2.24, 2.45) is 5.92 Å². The summed E-state index contributed by atoms with van der Waals surface area (Å²) in [5.41, 5.74) is 1.27. The van der Waals surface area contributed by atoms with Crippen LogP contribution >= 0.6 is 0 Å². The van der Waals surface area contributed by atoms with Crippen LogP contribution in [0.3, 0.4) is 0 Å². The van der Waals surface area contributed by atoms with Gasteiger partial charge in [0.05, 0.1) is 0 Å². The van der Waals surface area contributed by atoms with E-state index in [2.05, 4.69) is 23.8 Å². The van der Waals surface area contributed by atoms with Crippen LogP contribution in [-0.4, -0.2) is 9.97 Å². The van der Waals surface area contributed by atoms with Crippen molar-refractivity contribution in [1.82, 2.24) is 9.97 Å². The van der Waals surface area contributed by atoms with Gasteiger partial charge in [-0.05, 0) is 24.7 Å². The molecule has 0 aliphatic heterocycles. The molecule has 1 aromatic heterocycles. The predicted octanol–water partition coefficient (Wildman–Crippen LogP) is 2.49. The Morgan fingerprint density at radius 1 is 1.58 bits per heavy atom. The highest BCUT2D eigenvalue weighted by Crippen LogP contribution is 2.31. The van der Waals surface area contributed by atoms with Crippen molar-refractivity contribution in [1.29, 1.82) is 0 Å². The van der Waals surface area contributed by atoms with Gasteiger partial charge in [-0.2, -0.15) is 0 Å². The third kappa shape index (κ3) is 1.68. The van der Waals surface area contributed by atoms with E-state index >= 15 is 0 Å². The van der Waals surface area contributed by atoms with E-state index in [0.717, 1.165) is 12.3 Å². The zero-order valence-electron chi connectivity index (χ0n) is 7.80. The number of nitrogens with zero attached hydrogens (tertiary/aromatic N) is 1. The molecule has 0 atom stereocenters. The van der Waals surface area contributed by atoms with Crippen molar-refractivity contribution in [2.45, 2.75) is 39.0 Å². The summed E-state index contributed by atoms with van der Waals surface area (Å²) in [5.74, 6) is 2.68. The van der Waals surface area contributed by atoms with Gasteiger partial charge in [-0.15, -0.1) is 0 Å². The van der Waals surface area contributed by atoms with Crippen LogP contribution in [0.25, 0.3) is 0 Å². The largest absolute Gasteiger partial charge is 0.346 e. The maximum absolute atomic E-state index is 4.36. The van der Waals surface area contributed by atoms with E-state index in [1.165, 1.54) is 24.4 Å². The molecule has 1 N–H and O–H groups in total. The Kier molecular flexibility index (Phi) is 1.91. The molecule has 0 radical (unpaired) electrons. The fourth-order valence-corrected chi connectivity index (χ4v) is 1.37. The number of rotatable bonds is 3. The molecule has 1 aliphatic rings. The van der Waals surface area contributed by atoms with Crippen LogP contribution in [0.15, 0.2) is 6.20 Å². The third-order valence-corrected chi connectivity index (χ3v) is 2.45. The van der Waals surface area contributed by atoms with E-state index in [9.17, 15) is 0 Å². The number of aromatic amines is 1. The summed E-state index contributed by atoms with van der Waals surface area (Å²) >= 11 is 0. The Labute approximate surface area is 73.4 Å². The van der Waals surface area contributed by atoms with Gasteiger partial charge in [-0.1, -0.05) is 13.8 Å². The van der Waals surface area contributed by atoms with Gasteiger partial charge in [-0.25, -0.2) is 4.98 Å². The molecule has 0 spiro atoms. The van der Waals surface area contributed by atoms with Crippen molar-refractivity contribution >= 4 is 0 Å². The SMILES string of the molecule is CC(C)c1cnc(CC2CC2)[nH]1. The number of nitrogens with one attached hydrogen (secondary N) is 1. The minimum absolute atomic E-state index is 0.574. The van der Waals surface area contributed by atoms with Gasteiger partial charge in [0.2, 0.25) is 0 Å². The fourth-order valence-electron chi connectivity index (χ4n) is 1.37. The summed E-state index contributed by atoms with van der Waals surface area (Å²) in [6, 6.07) is 0. The molecule has 12 heavy (non-hydrogen) atoms. The molecule has 1 saturated carbocycles. The monoisotopic (exact) mass is 164 g/mol. The summed E-state index contributed by atoms with van der Waals surface area (Å²) in [6.45, 7) is 4.38. The highest BCUT2D eigenvalue weighted by molar-refractivity contribution is 5.06. The van der Waals surface area contributed by atoms with Crippen LogP contribution < -0.4 is 0 Å². The van der Waals surface area contributed by atoms with E-state index in [-0.39, 0.29) is 0 Å². The predicted molar refractivity (Wildman–Crippen MR) is 49.1 cm³/mol. The standard InChI is InChI=1S/C10H16N2/c1-7(2)9-6-11-10(12-9)5-8-3-4-8/h6-8H,3-5H2,1-2H3,(H,11,12). The molecule has 1 aliphatic carbocycles. The molecule has 0 unspecified atom stereocenters. The van der Waals surface area contributed by atoms with Gasteiger partial charge in [0.15, 0.2) is 0 Å². The van der Waals surface area contributed by atoms with Crippen LogP contribution in [0.1, 0.15) is 44.1 Å². The summed E-state index contributed by atoms with van der Waals surface area (Å²) in [6.07, 6.45) is 5.94. The van der Waals surface area contributed by atoms with E-state index in [1.807, 2.05) is 6.20 Å². The van der Waals surface area contributed by atoms with Crippen molar-refractivity contribution in [2.75, 3.05) is 0 Å². The zero-order valence-corrected chi connectivity index (χ0v) is 7.80.